The Labute approximate surface area is 192 Å². The summed E-state index contributed by atoms with van der Waals surface area (Å²) >= 11 is 0. The molecule has 2 aliphatic rings. The second-order valence-corrected chi connectivity index (χ2v) is 9.20. The lowest BCUT2D eigenvalue weighted by atomic mass is 9.61. The van der Waals surface area contributed by atoms with Crippen molar-refractivity contribution in [2.24, 2.45) is 5.41 Å². The van der Waals surface area contributed by atoms with Crippen molar-refractivity contribution in [1.82, 2.24) is 4.90 Å². The zero-order chi connectivity index (χ0) is 24.7. The van der Waals surface area contributed by atoms with E-state index in [4.69, 9.17) is 9.84 Å². The molecule has 184 valence electrons. The molecule has 1 spiro atoms. The van der Waals surface area contributed by atoms with E-state index in [0.29, 0.717) is 56.3 Å². The number of aryl methyl sites for hydroxylation is 1. The minimum absolute atomic E-state index is 0.0216. The van der Waals surface area contributed by atoms with Crippen LogP contribution in [0.3, 0.4) is 0 Å². The van der Waals surface area contributed by atoms with E-state index in [1.807, 2.05) is 6.07 Å². The predicted molar refractivity (Wildman–Crippen MR) is 110 cm³/mol. The predicted octanol–water partition coefficient (Wildman–Crippen LogP) is 5.78. The first-order valence-corrected chi connectivity index (χ1v) is 10.8. The molecule has 34 heavy (non-hydrogen) atoms. The van der Waals surface area contributed by atoms with Crippen molar-refractivity contribution < 1.29 is 41.0 Å². The SMILES string of the molecule is O=C(O)CCc1cccc(OC2CC3(C2)CN(Cc2cc(C(F)(F)F)ccc2C(F)(F)F)C3)c1. The summed E-state index contributed by atoms with van der Waals surface area (Å²) in [6.45, 7) is 0.801. The van der Waals surface area contributed by atoms with Crippen molar-refractivity contribution in [2.75, 3.05) is 13.1 Å². The molecule has 1 N–H and O–H groups in total. The third-order valence-corrected chi connectivity index (χ3v) is 6.40. The van der Waals surface area contributed by atoms with Gasteiger partial charge in [0.2, 0.25) is 0 Å². The number of aliphatic carboxylic acids is 1. The molecule has 0 radical (unpaired) electrons. The molecule has 2 fully saturated rings. The smallest absolute Gasteiger partial charge is 0.416 e. The summed E-state index contributed by atoms with van der Waals surface area (Å²) in [5.41, 5.74) is -1.74. The molecule has 0 unspecified atom stereocenters. The molecule has 2 aromatic carbocycles. The first-order valence-electron chi connectivity index (χ1n) is 10.8. The summed E-state index contributed by atoms with van der Waals surface area (Å²) in [7, 11) is 0. The number of hydrogen-bond acceptors (Lipinski definition) is 3. The molecule has 1 aliphatic carbocycles. The highest BCUT2D eigenvalue weighted by atomic mass is 19.4. The van der Waals surface area contributed by atoms with Crippen LogP contribution in [-0.2, 0) is 30.1 Å². The Bertz CT molecular complexity index is 1050. The van der Waals surface area contributed by atoms with Crippen LogP contribution in [0.2, 0.25) is 0 Å². The van der Waals surface area contributed by atoms with Crippen molar-refractivity contribution >= 4 is 5.97 Å². The van der Waals surface area contributed by atoms with Crippen LogP contribution < -0.4 is 4.74 Å². The van der Waals surface area contributed by atoms with Crippen molar-refractivity contribution in [1.29, 1.82) is 0 Å². The van der Waals surface area contributed by atoms with Crippen LogP contribution in [0.25, 0.3) is 0 Å². The van der Waals surface area contributed by atoms with E-state index in [-0.39, 0.29) is 30.0 Å². The van der Waals surface area contributed by atoms with Crippen LogP contribution in [0.4, 0.5) is 26.3 Å². The van der Waals surface area contributed by atoms with Gasteiger partial charge in [-0.05, 0) is 60.7 Å². The molecule has 4 rings (SSSR count). The van der Waals surface area contributed by atoms with E-state index in [2.05, 4.69) is 0 Å². The minimum Gasteiger partial charge on any atom is -0.490 e. The lowest BCUT2D eigenvalue weighted by Crippen LogP contribution is -2.64. The molecule has 2 aromatic rings. The van der Waals surface area contributed by atoms with Gasteiger partial charge in [-0.25, -0.2) is 0 Å². The van der Waals surface area contributed by atoms with E-state index >= 15 is 0 Å². The summed E-state index contributed by atoms with van der Waals surface area (Å²) < 4.78 is 84.9. The molecule has 1 aliphatic heterocycles. The summed E-state index contributed by atoms with van der Waals surface area (Å²) in [6.07, 6.45) is -7.67. The third-order valence-electron chi connectivity index (χ3n) is 6.40. The van der Waals surface area contributed by atoms with Gasteiger partial charge < -0.3 is 9.84 Å². The fourth-order valence-electron chi connectivity index (χ4n) is 4.90. The van der Waals surface area contributed by atoms with Crippen LogP contribution in [0.1, 0.15) is 41.5 Å². The molecule has 4 nitrogen and oxygen atoms in total. The van der Waals surface area contributed by atoms with Crippen molar-refractivity contribution in [3.63, 3.8) is 0 Å². The molecule has 0 amide bonds. The lowest BCUT2D eigenvalue weighted by Gasteiger charge is -2.58. The second-order valence-electron chi connectivity index (χ2n) is 9.20. The maximum Gasteiger partial charge on any atom is 0.416 e. The summed E-state index contributed by atoms with van der Waals surface area (Å²) in [6, 6.07) is 8.77. The largest absolute Gasteiger partial charge is 0.490 e. The van der Waals surface area contributed by atoms with E-state index < -0.39 is 29.4 Å². The van der Waals surface area contributed by atoms with Gasteiger partial charge in [0.15, 0.2) is 0 Å². The monoisotopic (exact) mass is 487 g/mol. The van der Waals surface area contributed by atoms with E-state index in [0.717, 1.165) is 5.56 Å². The van der Waals surface area contributed by atoms with E-state index in [1.165, 1.54) is 0 Å². The number of likely N-dealkylation sites (tertiary alicyclic amines) is 1. The zero-order valence-electron chi connectivity index (χ0n) is 18.0. The topological polar surface area (TPSA) is 49.8 Å². The number of halogens is 6. The first-order chi connectivity index (χ1) is 15.8. The van der Waals surface area contributed by atoms with Crippen LogP contribution >= 0.6 is 0 Å². The third kappa shape index (κ3) is 5.48. The molecular weight excluding hydrogens is 464 g/mol. The summed E-state index contributed by atoms with van der Waals surface area (Å²) in [4.78, 5) is 12.5. The number of benzene rings is 2. The van der Waals surface area contributed by atoms with Crippen molar-refractivity contribution in [3.05, 3.63) is 64.7 Å². The molecule has 1 heterocycles. The van der Waals surface area contributed by atoms with Gasteiger partial charge in [-0.2, -0.15) is 26.3 Å². The summed E-state index contributed by atoms with van der Waals surface area (Å²) in [5, 5.41) is 8.81. The van der Waals surface area contributed by atoms with Gasteiger partial charge >= 0.3 is 18.3 Å². The number of carbonyl (C=O) groups is 1. The molecule has 1 saturated heterocycles. The van der Waals surface area contributed by atoms with Gasteiger partial charge in [-0.3, -0.25) is 9.69 Å². The standard InChI is InChI=1S/C24H23F6NO3/c25-23(26,27)17-5-6-20(24(28,29)30)16(9-17)12-31-13-22(14-31)10-19(11-22)34-18-3-1-2-15(8-18)4-7-21(32)33/h1-3,5-6,8-9,19H,4,7,10-14H2,(H,32,33). The van der Waals surface area contributed by atoms with E-state index in [1.54, 1.807) is 23.1 Å². The van der Waals surface area contributed by atoms with Gasteiger partial charge in [0.05, 0.1) is 17.2 Å². The highest BCUT2D eigenvalue weighted by Crippen LogP contribution is 2.50. The Balaban J connectivity index is 1.32. The Hall–Kier alpha value is -2.75. The number of rotatable bonds is 7. The average molecular weight is 487 g/mol. The number of ether oxygens (including phenoxy) is 1. The minimum atomic E-state index is -4.73. The van der Waals surface area contributed by atoms with Gasteiger partial charge in [0, 0.05) is 31.5 Å². The van der Waals surface area contributed by atoms with Crippen LogP contribution in [-0.4, -0.2) is 35.2 Å². The van der Waals surface area contributed by atoms with Gasteiger partial charge in [0.1, 0.15) is 5.75 Å². The number of carboxylic acids is 1. The molecule has 0 aromatic heterocycles. The first kappa shape index (κ1) is 24.4. The maximum atomic E-state index is 13.3. The number of alkyl halides is 6. The number of carboxylic acid groups (broad SMARTS) is 1. The fraction of sp³-hybridized carbons (Fsp3) is 0.458. The van der Waals surface area contributed by atoms with Gasteiger partial charge in [-0.15, -0.1) is 0 Å². The van der Waals surface area contributed by atoms with Crippen molar-refractivity contribution in [2.45, 2.75) is 50.7 Å². The lowest BCUT2D eigenvalue weighted by molar-refractivity contribution is -0.143. The molecule has 10 heteroatoms. The van der Waals surface area contributed by atoms with Crippen LogP contribution in [0.5, 0.6) is 5.75 Å². The maximum absolute atomic E-state index is 13.3. The molecule has 0 atom stereocenters. The van der Waals surface area contributed by atoms with E-state index in [9.17, 15) is 31.1 Å². The Morgan fingerprint density at radius 3 is 2.35 bits per heavy atom. The second kappa shape index (κ2) is 8.79. The number of hydrogen-bond donors (Lipinski definition) is 1. The Morgan fingerprint density at radius 1 is 1.03 bits per heavy atom. The van der Waals surface area contributed by atoms with Gasteiger partial charge in [-0.1, -0.05) is 12.1 Å². The number of nitrogens with zero attached hydrogens (tertiary/aromatic N) is 1. The Morgan fingerprint density at radius 2 is 1.74 bits per heavy atom. The summed E-state index contributed by atoms with van der Waals surface area (Å²) in [5.74, 6) is -0.244. The quantitative estimate of drug-likeness (QED) is 0.503. The molecule has 0 bridgehead atoms. The normalized spacial score (nSPS) is 18.4. The van der Waals surface area contributed by atoms with Crippen LogP contribution in [0.15, 0.2) is 42.5 Å². The Kier molecular flexibility index (Phi) is 6.30. The average Bonchev–Trinajstić information content (AvgIpc) is 2.68. The highest BCUT2D eigenvalue weighted by Gasteiger charge is 2.53. The van der Waals surface area contributed by atoms with Gasteiger partial charge in [0.25, 0.3) is 0 Å². The molecule has 1 saturated carbocycles. The van der Waals surface area contributed by atoms with Crippen molar-refractivity contribution in [3.8, 4) is 5.75 Å². The van der Waals surface area contributed by atoms with Crippen LogP contribution in [0, 0.1) is 5.41 Å². The highest BCUT2D eigenvalue weighted by molar-refractivity contribution is 5.67. The molecular formula is C24H23F6NO3. The fourth-order valence-corrected chi connectivity index (χ4v) is 4.90. The zero-order valence-corrected chi connectivity index (χ0v) is 18.0.